The summed E-state index contributed by atoms with van der Waals surface area (Å²) in [5.41, 5.74) is 0.990. The molecule has 22 heavy (non-hydrogen) atoms. The number of fused-ring (bicyclic) bond motifs is 1. The van der Waals surface area contributed by atoms with Crippen molar-refractivity contribution in [1.29, 1.82) is 0 Å². The van der Waals surface area contributed by atoms with E-state index in [-0.39, 0.29) is 5.91 Å². The van der Waals surface area contributed by atoms with Crippen LogP contribution in [0.15, 0.2) is 36.5 Å². The molecule has 0 saturated carbocycles. The number of amides is 1. The molecule has 112 valence electrons. The number of carbonyl (C=O) groups excluding carboxylic acids is 1. The zero-order valence-electron chi connectivity index (χ0n) is 12.0. The van der Waals surface area contributed by atoms with Crippen molar-refractivity contribution in [1.82, 2.24) is 9.97 Å². The normalized spacial score (nSPS) is 10.5. The van der Waals surface area contributed by atoms with E-state index in [1.807, 2.05) is 6.07 Å². The van der Waals surface area contributed by atoms with Crippen molar-refractivity contribution >= 4 is 32.6 Å². The van der Waals surface area contributed by atoms with Crippen molar-refractivity contribution in [2.45, 2.75) is 0 Å². The molecule has 1 N–H and O–H groups in total. The van der Waals surface area contributed by atoms with Crippen LogP contribution in [0.4, 0.5) is 5.13 Å². The van der Waals surface area contributed by atoms with Gasteiger partial charge >= 0.3 is 0 Å². The van der Waals surface area contributed by atoms with Crippen LogP contribution >= 0.6 is 11.3 Å². The minimum absolute atomic E-state index is 0.308. The highest BCUT2D eigenvalue weighted by Gasteiger charge is 2.16. The molecule has 6 nitrogen and oxygen atoms in total. The van der Waals surface area contributed by atoms with Crippen LogP contribution in [0.1, 0.15) is 10.5 Å². The first-order valence-corrected chi connectivity index (χ1v) is 7.28. The van der Waals surface area contributed by atoms with Crippen LogP contribution in [0.25, 0.3) is 10.2 Å². The Balaban J connectivity index is 1.97. The molecule has 0 spiro atoms. The number of methoxy groups -OCH3 is 2. The Hall–Kier alpha value is -2.67. The molecule has 0 fully saturated rings. The number of anilines is 1. The van der Waals surface area contributed by atoms with Gasteiger partial charge in [-0.1, -0.05) is 17.4 Å². The SMILES string of the molecule is COc1ccc(OC)c2sc(NC(=O)c3ccccn3)nc12. The number of ether oxygens (including phenoxy) is 2. The van der Waals surface area contributed by atoms with Gasteiger partial charge in [-0.15, -0.1) is 0 Å². The fourth-order valence-corrected chi connectivity index (χ4v) is 2.97. The zero-order chi connectivity index (χ0) is 15.5. The lowest BCUT2D eigenvalue weighted by molar-refractivity contribution is 0.102. The Kier molecular flexibility index (Phi) is 3.88. The summed E-state index contributed by atoms with van der Waals surface area (Å²) in [4.78, 5) is 20.6. The topological polar surface area (TPSA) is 73.3 Å². The van der Waals surface area contributed by atoms with E-state index in [0.717, 1.165) is 4.70 Å². The predicted octanol–water partition coefficient (Wildman–Crippen LogP) is 2.96. The summed E-state index contributed by atoms with van der Waals surface area (Å²) < 4.78 is 11.4. The number of benzene rings is 1. The van der Waals surface area contributed by atoms with E-state index >= 15 is 0 Å². The first-order valence-electron chi connectivity index (χ1n) is 6.47. The highest BCUT2D eigenvalue weighted by atomic mass is 32.1. The lowest BCUT2D eigenvalue weighted by Crippen LogP contribution is -2.12. The third kappa shape index (κ3) is 2.58. The highest BCUT2D eigenvalue weighted by molar-refractivity contribution is 7.22. The summed E-state index contributed by atoms with van der Waals surface area (Å²) in [5.74, 6) is 1.01. The van der Waals surface area contributed by atoms with E-state index in [1.54, 1.807) is 44.7 Å². The molecule has 0 bridgehead atoms. The van der Waals surface area contributed by atoms with Gasteiger partial charge in [0.15, 0.2) is 5.13 Å². The molecule has 0 radical (unpaired) electrons. The van der Waals surface area contributed by atoms with E-state index in [1.165, 1.54) is 11.3 Å². The molecule has 1 amide bonds. The van der Waals surface area contributed by atoms with Gasteiger partial charge in [-0.2, -0.15) is 0 Å². The van der Waals surface area contributed by atoms with Gasteiger partial charge < -0.3 is 9.47 Å². The Morgan fingerprint density at radius 1 is 1.14 bits per heavy atom. The molecule has 0 atom stereocenters. The van der Waals surface area contributed by atoms with Crippen molar-refractivity contribution in [3.63, 3.8) is 0 Å². The molecule has 2 heterocycles. The largest absolute Gasteiger partial charge is 0.495 e. The minimum Gasteiger partial charge on any atom is -0.495 e. The minimum atomic E-state index is -0.308. The monoisotopic (exact) mass is 315 g/mol. The number of hydrogen-bond acceptors (Lipinski definition) is 6. The summed E-state index contributed by atoms with van der Waals surface area (Å²) in [6.07, 6.45) is 1.57. The van der Waals surface area contributed by atoms with Crippen LogP contribution in [0.3, 0.4) is 0 Å². The van der Waals surface area contributed by atoms with Crippen molar-refractivity contribution in [2.75, 3.05) is 19.5 Å². The first kappa shape index (κ1) is 14.3. The highest BCUT2D eigenvalue weighted by Crippen LogP contribution is 2.38. The number of aromatic nitrogens is 2. The summed E-state index contributed by atoms with van der Waals surface area (Å²) in [7, 11) is 3.17. The van der Waals surface area contributed by atoms with Crippen molar-refractivity contribution < 1.29 is 14.3 Å². The van der Waals surface area contributed by atoms with Gasteiger partial charge in [0.1, 0.15) is 27.4 Å². The van der Waals surface area contributed by atoms with Crippen molar-refractivity contribution in [2.24, 2.45) is 0 Å². The Bertz CT molecular complexity index is 777. The van der Waals surface area contributed by atoms with Gasteiger partial charge in [-0.05, 0) is 24.3 Å². The van der Waals surface area contributed by atoms with Gasteiger partial charge in [-0.3, -0.25) is 15.1 Å². The lowest BCUT2D eigenvalue weighted by atomic mass is 10.3. The molecule has 0 aliphatic carbocycles. The number of thiazole rings is 1. The average Bonchev–Trinajstić information content (AvgIpc) is 2.98. The second-order valence-corrected chi connectivity index (χ2v) is 5.34. The van der Waals surface area contributed by atoms with Gasteiger partial charge in [-0.25, -0.2) is 4.98 Å². The van der Waals surface area contributed by atoms with Crippen molar-refractivity contribution in [3.8, 4) is 11.5 Å². The fourth-order valence-electron chi connectivity index (χ4n) is 2.00. The van der Waals surface area contributed by atoms with Gasteiger partial charge in [0.2, 0.25) is 0 Å². The molecule has 0 aliphatic heterocycles. The first-order chi connectivity index (χ1) is 10.7. The summed E-state index contributed by atoms with van der Waals surface area (Å²) >= 11 is 1.33. The number of hydrogen-bond donors (Lipinski definition) is 1. The molecule has 0 saturated heterocycles. The second kappa shape index (κ2) is 5.98. The maximum absolute atomic E-state index is 12.1. The maximum Gasteiger partial charge on any atom is 0.276 e. The summed E-state index contributed by atoms with van der Waals surface area (Å²) in [6.45, 7) is 0. The molecule has 2 aromatic heterocycles. The molecule has 0 unspecified atom stereocenters. The van der Waals surface area contributed by atoms with Gasteiger partial charge in [0.05, 0.1) is 14.2 Å². The van der Waals surface area contributed by atoms with Crippen LogP contribution in [0, 0.1) is 0 Å². The van der Waals surface area contributed by atoms with Crippen molar-refractivity contribution in [3.05, 3.63) is 42.2 Å². The smallest absolute Gasteiger partial charge is 0.276 e. The van der Waals surface area contributed by atoms with E-state index in [4.69, 9.17) is 9.47 Å². The summed E-state index contributed by atoms with van der Waals surface area (Å²) in [6, 6.07) is 8.75. The van der Waals surface area contributed by atoms with Gasteiger partial charge in [0, 0.05) is 6.20 Å². The molecule has 1 aromatic carbocycles. The van der Waals surface area contributed by atoms with E-state index in [2.05, 4.69) is 15.3 Å². The van der Waals surface area contributed by atoms with Crippen LogP contribution in [-0.4, -0.2) is 30.1 Å². The Morgan fingerprint density at radius 3 is 2.59 bits per heavy atom. The fraction of sp³-hybridized carbons (Fsp3) is 0.133. The number of nitrogens with zero attached hydrogens (tertiary/aromatic N) is 2. The number of rotatable bonds is 4. The van der Waals surface area contributed by atoms with E-state index in [9.17, 15) is 4.79 Å². The van der Waals surface area contributed by atoms with Crippen LogP contribution in [0.2, 0.25) is 0 Å². The Morgan fingerprint density at radius 2 is 1.91 bits per heavy atom. The zero-order valence-corrected chi connectivity index (χ0v) is 12.8. The van der Waals surface area contributed by atoms with Crippen LogP contribution < -0.4 is 14.8 Å². The maximum atomic E-state index is 12.1. The summed E-state index contributed by atoms with van der Waals surface area (Å²) in [5, 5.41) is 3.21. The third-order valence-electron chi connectivity index (χ3n) is 3.03. The lowest BCUT2D eigenvalue weighted by Gasteiger charge is -2.03. The van der Waals surface area contributed by atoms with Gasteiger partial charge in [0.25, 0.3) is 5.91 Å². The number of pyridine rings is 1. The Labute approximate surface area is 130 Å². The van der Waals surface area contributed by atoms with E-state index in [0.29, 0.717) is 27.8 Å². The third-order valence-corrected chi connectivity index (χ3v) is 4.01. The molecule has 3 aromatic rings. The van der Waals surface area contributed by atoms with Crippen LogP contribution in [0.5, 0.6) is 11.5 Å². The molecule has 7 heteroatoms. The number of nitrogens with one attached hydrogen (secondary N) is 1. The average molecular weight is 315 g/mol. The molecular formula is C15H13N3O3S. The van der Waals surface area contributed by atoms with E-state index < -0.39 is 0 Å². The standard InChI is InChI=1S/C15H13N3O3S/c1-20-10-6-7-11(21-2)13-12(10)17-15(22-13)18-14(19)9-5-3-4-8-16-9/h3-8H,1-2H3,(H,17,18,19). The molecule has 3 rings (SSSR count). The quantitative estimate of drug-likeness (QED) is 0.801. The molecule has 0 aliphatic rings. The number of carbonyl (C=O) groups is 1. The van der Waals surface area contributed by atoms with Crippen LogP contribution in [-0.2, 0) is 0 Å². The molecular weight excluding hydrogens is 302 g/mol. The predicted molar refractivity (Wildman–Crippen MR) is 84.9 cm³/mol. The second-order valence-electron chi connectivity index (χ2n) is 4.34.